The zero-order valence-corrected chi connectivity index (χ0v) is 74.1. The number of carbonyl (C=O) groups excluding carboxylic acids is 4. The summed E-state index contributed by atoms with van der Waals surface area (Å²) >= 11 is 0. The first-order chi connectivity index (χ1) is 62.8. The molecule has 0 saturated heterocycles. The van der Waals surface area contributed by atoms with E-state index < -0.39 is 47.1 Å². The molecule has 2 aromatic heterocycles. The molecule has 29 rings (SSSR count). The Kier molecular flexibility index (Phi) is 30.2. The summed E-state index contributed by atoms with van der Waals surface area (Å²) in [4.78, 5) is 58.4. The first kappa shape index (κ1) is 101. The summed E-state index contributed by atoms with van der Waals surface area (Å²) in [6.45, 7) is 9.45. The van der Waals surface area contributed by atoms with Gasteiger partial charge < -0.3 is 62.2 Å². The molecule has 19 heterocycles. The molecular weight excluding hydrogens is 1870 g/mol. The molecule has 724 valence electrons. The average molecular weight is 1960 g/mol. The normalized spacial score (nSPS) is 17.4. The van der Waals surface area contributed by atoms with E-state index in [-0.39, 0.29) is 48.6 Å². The monoisotopic (exact) mass is 1960 g/mol. The Hall–Kier alpha value is -12.2. The van der Waals surface area contributed by atoms with E-state index in [0.717, 1.165) is 68.6 Å². The first-order valence-corrected chi connectivity index (χ1v) is 47.3. The summed E-state index contributed by atoms with van der Waals surface area (Å²) in [5.74, 6) is 3.85. The van der Waals surface area contributed by atoms with Crippen molar-refractivity contribution in [2.24, 2.45) is 14.1 Å². The average Bonchev–Trinajstić information content (AvgIpc) is 0.920. The number of halogens is 18. The first-order valence-electron chi connectivity index (χ1n) is 41.3. The Labute approximate surface area is 752 Å². The Morgan fingerprint density at radius 3 is 0.806 bits per heavy atom. The molecule has 0 spiro atoms. The smallest absolute Gasteiger partial charge is 0.161 e. The topological polar surface area (TPSA) is 246 Å². The van der Waals surface area contributed by atoms with Gasteiger partial charge in [-0.1, -0.05) is 72.8 Å². The predicted molar refractivity (Wildman–Crippen MR) is 457 cm³/mol. The van der Waals surface area contributed by atoms with E-state index in [4.69, 9.17) is 56.8 Å². The molecule has 0 unspecified atom stereocenters. The van der Waals surface area contributed by atoms with Crippen LogP contribution in [0.2, 0.25) is 0 Å². The van der Waals surface area contributed by atoms with Crippen molar-refractivity contribution in [3.05, 3.63) is 262 Å². The van der Waals surface area contributed by atoms with Gasteiger partial charge in [-0.3, -0.25) is 29.0 Å². The van der Waals surface area contributed by atoms with Crippen molar-refractivity contribution in [2.75, 3.05) is 92.4 Å². The molecule has 17 aliphatic heterocycles. The summed E-state index contributed by atoms with van der Waals surface area (Å²) in [6, 6.07) is 62.6. The standard InChI is InChI=1S/C56H53N9O8.C32H36O8.3F6P/c1-60-41-31-62(58-60)25-3-27-64-53(66)47-21-23-49-52-50(24-22-48(51(47)52)54(64)67)56(69)65(55(49)68)28-4-26-63-32-42(61(2)59-63)36-73-46-19-11-40(12-20-46)34-71-44-15-7-38(8-16-44)30-57-29-37-5-13-43(14-6-37)70-33-39-9-17-45(18-10-39)72-35-41;1-2-6-26-22-30-29(21-25(26)5-1)37-17-13-33-9-10-35-15-19-39-31-23-27-7-3-4-8-28(27)24-32(31)40-20-16-36-12-11-34-14-18-38-30;3*1-7(2,3,4,5)6/h5-24,31-32,57H,3-4,25-30,33-36H2,1-2H3;1-8,21-24H,9-20H2;;;/q+2;;3*-1/p+1. The maximum absolute atomic E-state index is 14.0. The molecule has 25 nitrogen and oxygen atoms in total. The molecule has 0 aliphatic carbocycles. The number of hydrogen-bond acceptors (Lipinski definition) is 18. The number of carbonyl (C=O) groups is 4. The molecule has 0 radical (unpaired) electrons. The van der Waals surface area contributed by atoms with Gasteiger partial charge in [0.15, 0.2) is 48.6 Å². The number of nitrogens with two attached hydrogens (primary N) is 1. The molecule has 0 atom stereocenters. The van der Waals surface area contributed by atoms with Crippen LogP contribution in [0.3, 0.4) is 0 Å². The zero-order chi connectivity index (χ0) is 96.5. The van der Waals surface area contributed by atoms with Crippen molar-refractivity contribution in [1.82, 2.24) is 29.6 Å². The second-order valence-corrected chi connectivity index (χ2v) is 36.3. The van der Waals surface area contributed by atoms with E-state index in [1.165, 1.54) is 20.9 Å². The predicted octanol–water partition coefficient (Wildman–Crippen LogP) is 20.6. The number of imide groups is 2. The van der Waals surface area contributed by atoms with Crippen LogP contribution >= 0.6 is 23.4 Å². The molecule has 2 N–H and O–H groups in total. The molecule has 0 fully saturated rings. The largest absolute Gasteiger partial charge is 0.487 e. The van der Waals surface area contributed by atoms with Gasteiger partial charge in [-0.2, -0.15) is 0 Å². The molecule has 17 aliphatic rings. The number of aryl methyl sites for hydroxylation is 4. The van der Waals surface area contributed by atoms with Crippen LogP contribution in [-0.4, -0.2) is 146 Å². The Balaban J connectivity index is 0.000000220. The summed E-state index contributed by atoms with van der Waals surface area (Å²) in [5.41, 5.74) is 7.24. The van der Waals surface area contributed by atoms with Crippen LogP contribution < -0.4 is 52.6 Å². The maximum atomic E-state index is 14.0. The van der Waals surface area contributed by atoms with Crippen LogP contribution in [0.1, 0.15) is 87.9 Å². The fourth-order valence-corrected chi connectivity index (χ4v) is 13.9. The van der Waals surface area contributed by atoms with Crippen LogP contribution in [0.25, 0.3) is 32.3 Å². The minimum absolute atomic E-state index is 0.145. The van der Waals surface area contributed by atoms with Crippen molar-refractivity contribution in [3.8, 4) is 46.0 Å². The van der Waals surface area contributed by atoms with E-state index in [0.29, 0.717) is 164 Å². The second-order valence-electron chi connectivity index (χ2n) is 30.5. The molecule has 0 saturated carbocycles. The third-order valence-electron chi connectivity index (χ3n) is 19.9. The third kappa shape index (κ3) is 33.7. The van der Waals surface area contributed by atoms with Crippen LogP contribution in [-0.2, 0) is 85.6 Å². The number of fused-ring (bicyclic) bond motifs is 4. The zero-order valence-electron chi connectivity index (χ0n) is 71.4. The Morgan fingerprint density at radius 2 is 0.545 bits per heavy atom. The molecule has 12 aromatic rings. The Morgan fingerprint density at radius 1 is 0.306 bits per heavy atom. The van der Waals surface area contributed by atoms with Crippen LogP contribution in [0.15, 0.2) is 207 Å². The van der Waals surface area contributed by atoms with Gasteiger partial charge in [0.1, 0.15) is 103 Å². The number of hydrogen-bond donors (Lipinski definition) is 1. The van der Waals surface area contributed by atoms with Crippen LogP contribution in [0.4, 0.5) is 75.5 Å². The van der Waals surface area contributed by atoms with Crippen LogP contribution in [0.5, 0.6) is 46.0 Å². The summed E-state index contributed by atoms with van der Waals surface area (Å²) < 4.78 is 256. The van der Waals surface area contributed by atoms with E-state index >= 15 is 0 Å². The summed E-state index contributed by atoms with van der Waals surface area (Å²) in [5, 5.41) is 16.5. The number of quaternary nitrogens is 1. The number of rotatable bonds is 0. The van der Waals surface area contributed by atoms with Gasteiger partial charge in [0.25, 0.3) is 23.6 Å². The van der Waals surface area contributed by atoms with Crippen molar-refractivity contribution < 1.29 is 166 Å². The third-order valence-corrected chi connectivity index (χ3v) is 19.9. The van der Waals surface area contributed by atoms with Gasteiger partial charge in [0, 0.05) is 70.1 Å². The van der Waals surface area contributed by atoms with E-state index in [1.54, 1.807) is 43.0 Å². The van der Waals surface area contributed by atoms with Crippen molar-refractivity contribution >= 4 is 79.4 Å². The van der Waals surface area contributed by atoms with Gasteiger partial charge in [0.05, 0.1) is 63.3 Å². The number of aromatic nitrogens is 6. The number of benzene rings is 10. The fraction of sp³-hybridized carbons (Fsp3) is 0.295. The molecule has 46 heteroatoms. The molecule has 20 bridgehead atoms. The summed E-state index contributed by atoms with van der Waals surface area (Å²) in [7, 11) is -28.3. The van der Waals surface area contributed by atoms with E-state index in [2.05, 4.69) is 64.3 Å². The van der Waals surface area contributed by atoms with Crippen molar-refractivity contribution in [2.45, 2.75) is 65.4 Å². The molecular formula is C88H90F18N9O16P3. The minimum atomic E-state index is -10.7. The summed E-state index contributed by atoms with van der Waals surface area (Å²) in [6.07, 6.45) is 4.66. The number of ether oxygens (including phenoxy) is 12. The van der Waals surface area contributed by atoms with Gasteiger partial charge in [0.2, 0.25) is 11.4 Å². The number of nitrogens with zero attached hydrogens (tertiary/aromatic N) is 8. The quantitative estimate of drug-likeness (QED) is 0.0641. The van der Waals surface area contributed by atoms with Crippen LogP contribution in [0, 0.1) is 0 Å². The van der Waals surface area contributed by atoms with Gasteiger partial charge in [-0.15, -0.1) is 18.7 Å². The van der Waals surface area contributed by atoms with Crippen molar-refractivity contribution in [3.63, 3.8) is 0 Å². The van der Waals surface area contributed by atoms with E-state index in [1.807, 2.05) is 148 Å². The second kappa shape index (κ2) is 40.1. The number of amides is 4. The van der Waals surface area contributed by atoms with Gasteiger partial charge >= 0.3 is 99.0 Å². The molecule has 10 aromatic carbocycles. The van der Waals surface area contributed by atoms with E-state index in [9.17, 15) is 94.7 Å². The SMILES string of the molecule is Cn1n[n+]2cc1COc1ccc(cc1)COc1ccc(cc1)C[NH2+]Cc1ccc(cc1)OCc1ccc(cc1)OCc1c[n+](nn1C)CCCN1C(=O)c3ccc4c5c(ccc(c35)C1=O)C(=O)N(CCC2)C4=O.F[P-](F)(F)(F)(F)F.F[P-](F)(F)(F)(F)F.F[P-](F)(F)(F)(F)F.c1ccc2cc3c(cc2c1)OCCOCCOCCOc1cc2ccccc2cc1OCCOCCOCCO3. The Bertz CT molecular complexity index is 5570. The van der Waals surface area contributed by atoms with Gasteiger partial charge in [-0.05, 0) is 154 Å². The van der Waals surface area contributed by atoms with Gasteiger partial charge in [-0.25, -0.2) is 0 Å². The maximum Gasteiger partial charge on any atom is 0.161 e. The molecule has 4 amide bonds. The molecule has 134 heavy (non-hydrogen) atoms. The minimum Gasteiger partial charge on any atom is -0.487 e. The fourth-order valence-electron chi connectivity index (χ4n) is 13.9. The van der Waals surface area contributed by atoms with Crippen molar-refractivity contribution in [1.29, 1.82) is 0 Å².